The molecule has 30 heavy (non-hydrogen) atoms. The fraction of sp³-hybridized carbons (Fsp3) is 0.316. The van der Waals surface area contributed by atoms with Gasteiger partial charge >= 0.3 is 0 Å². The van der Waals surface area contributed by atoms with Gasteiger partial charge in [0.05, 0.1) is 6.20 Å². The van der Waals surface area contributed by atoms with E-state index in [0.717, 1.165) is 36.0 Å². The van der Waals surface area contributed by atoms with Crippen LogP contribution >= 0.6 is 11.8 Å². The molecule has 0 radical (unpaired) electrons. The highest BCUT2D eigenvalue weighted by atomic mass is 32.2. The predicted octanol–water partition coefficient (Wildman–Crippen LogP) is 3.25. The maximum atomic E-state index is 9.43. The minimum absolute atomic E-state index is 0.266. The molecule has 4 heterocycles. The Hall–Kier alpha value is -3.52. The molecule has 3 aromatic heterocycles. The molecule has 0 amide bonds. The number of azo groups is 1. The summed E-state index contributed by atoms with van der Waals surface area (Å²) in [5.41, 5.74) is 1.83. The zero-order valence-corrected chi connectivity index (χ0v) is 17.5. The molecule has 11 heteroatoms. The number of hydrogen-bond donors (Lipinski definition) is 1. The monoisotopic (exact) mass is 420 g/mol. The fourth-order valence-corrected chi connectivity index (χ4v) is 3.97. The van der Waals surface area contributed by atoms with E-state index in [4.69, 9.17) is 4.98 Å². The average Bonchev–Trinajstić information content (AvgIpc) is 3.22. The zero-order chi connectivity index (χ0) is 20.9. The highest BCUT2D eigenvalue weighted by Crippen LogP contribution is 2.33. The van der Waals surface area contributed by atoms with E-state index in [1.165, 1.54) is 10.9 Å². The number of rotatable bonds is 5. The molecule has 0 aliphatic carbocycles. The first-order valence-electron chi connectivity index (χ1n) is 9.40. The number of anilines is 2. The summed E-state index contributed by atoms with van der Waals surface area (Å²) in [6, 6.07) is 5.81. The number of pyridine rings is 1. The fourth-order valence-electron chi connectivity index (χ4n) is 3.06. The highest BCUT2D eigenvalue weighted by molar-refractivity contribution is 7.99. The van der Waals surface area contributed by atoms with Crippen molar-refractivity contribution in [3.63, 3.8) is 0 Å². The molecule has 1 aliphatic rings. The first kappa shape index (κ1) is 19.8. The predicted molar refractivity (Wildman–Crippen MR) is 116 cm³/mol. The Morgan fingerprint density at radius 1 is 1.20 bits per heavy atom. The second-order valence-corrected chi connectivity index (χ2v) is 7.72. The van der Waals surface area contributed by atoms with Gasteiger partial charge in [0.1, 0.15) is 23.1 Å². The van der Waals surface area contributed by atoms with Crippen molar-refractivity contribution < 1.29 is 0 Å². The van der Waals surface area contributed by atoms with Crippen LogP contribution in [0.4, 0.5) is 23.1 Å². The SMILES string of the molecule is CNc1nc(N2CCSCC2)cc(C)c1/N=N/c1c(C#N)cnn1-c1ncccn1. The normalized spacial score (nSPS) is 14.1. The van der Waals surface area contributed by atoms with E-state index in [0.29, 0.717) is 17.5 Å². The number of nitrogens with one attached hydrogen (secondary N) is 1. The van der Waals surface area contributed by atoms with E-state index >= 15 is 0 Å². The van der Waals surface area contributed by atoms with Crippen LogP contribution in [0.5, 0.6) is 0 Å². The topological polar surface area (TPSA) is 120 Å². The molecule has 0 bridgehead atoms. The van der Waals surface area contributed by atoms with Gasteiger partial charge in [0, 0.05) is 44.0 Å². The molecule has 152 valence electrons. The summed E-state index contributed by atoms with van der Waals surface area (Å²) in [4.78, 5) is 15.4. The first-order valence-corrected chi connectivity index (χ1v) is 10.6. The van der Waals surface area contributed by atoms with Crippen molar-refractivity contribution >= 4 is 34.9 Å². The summed E-state index contributed by atoms with van der Waals surface area (Å²) in [6.07, 6.45) is 4.62. The van der Waals surface area contributed by atoms with Crippen molar-refractivity contribution in [2.75, 3.05) is 41.9 Å². The van der Waals surface area contributed by atoms with E-state index in [-0.39, 0.29) is 11.4 Å². The molecule has 0 atom stereocenters. The third kappa shape index (κ3) is 3.95. The number of nitrogens with zero attached hydrogens (tertiary/aromatic N) is 9. The van der Waals surface area contributed by atoms with E-state index in [1.54, 1.807) is 25.5 Å². The summed E-state index contributed by atoms with van der Waals surface area (Å²) in [5, 5.41) is 25.5. The van der Waals surface area contributed by atoms with E-state index in [1.807, 2.05) is 24.8 Å². The smallest absolute Gasteiger partial charge is 0.252 e. The van der Waals surface area contributed by atoms with Crippen molar-refractivity contribution in [1.29, 1.82) is 5.26 Å². The molecule has 3 aromatic rings. The molecule has 0 aromatic carbocycles. The largest absolute Gasteiger partial charge is 0.371 e. The van der Waals surface area contributed by atoms with Gasteiger partial charge in [-0.05, 0) is 24.6 Å². The lowest BCUT2D eigenvalue weighted by molar-refractivity contribution is 0.803. The van der Waals surface area contributed by atoms with Crippen LogP contribution in [0.15, 0.2) is 41.0 Å². The van der Waals surface area contributed by atoms with Gasteiger partial charge in [-0.1, -0.05) is 0 Å². The molecule has 1 N–H and O–H groups in total. The number of aryl methyl sites for hydroxylation is 1. The Kier molecular flexibility index (Phi) is 5.85. The molecule has 0 unspecified atom stereocenters. The van der Waals surface area contributed by atoms with Crippen LogP contribution in [0.25, 0.3) is 5.95 Å². The van der Waals surface area contributed by atoms with Crippen molar-refractivity contribution in [2.45, 2.75) is 6.92 Å². The van der Waals surface area contributed by atoms with Gasteiger partial charge in [0.25, 0.3) is 5.95 Å². The van der Waals surface area contributed by atoms with E-state index < -0.39 is 0 Å². The summed E-state index contributed by atoms with van der Waals surface area (Å²) in [7, 11) is 1.80. The lowest BCUT2D eigenvalue weighted by Gasteiger charge is -2.28. The number of nitriles is 1. The minimum Gasteiger partial charge on any atom is -0.371 e. The van der Waals surface area contributed by atoms with Gasteiger partial charge in [-0.15, -0.1) is 10.2 Å². The highest BCUT2D eigenvalue weighted by Gasteiger charge is 2.18. The Morgan fingerprint density at radius 2 is 1.97 bits per heavy atom. The third-order valence-electron chi connectivity index (χ3n) is 4.59. The Labute approximate surface area is 178 Å². The van der Waals surface area contributed by atoms with Crippen LogP contribution in [0.3, 0.4) is 0 Å². The summed E-state index contributed by atoms with van der Waals surface area (Å²) >= 11 is 1.96. The van der Waals surface area contributed by atoms with Gasteiger partial charge < -0.3 is 10.2 Å². The molecular weight excluding hydrogens is 400 g/mol. The maximum absolute atomic E-state index is 9.43. The maximum Gasteiger partial charge on any atom is 0.252 e. The van der Waals surface area contributed by atoms with Gasteiger partial charge in [-0.25, -0.2) is 15.0 Å². The van der Waals surface area contributed by atoms with Crippen molar-refractivity contribution in [1.82, 2.24) is 24.7 Å². The van der Waals surface area contributed by atoms with Crippen molar-refractivity contribution in [3.05, 3.63) is 41.9 Å². The minimum atomic E-state index is 0.266. The molecule has 0 spiro atoms. The van der Waals surface area contributed by atoms with Crippen LogP contribution in [0.1, 0.15) is 11.1 Å². The Bertz CT molecular complexity index is 1100. The van der Waals surface area contributed by atoms with Gasteiger partial charge in [0.2, 0.25) is 0 Å². The standard InChI is InChI=1S/C19H20N10S/c1-13-10-15(28-6-8-30-9-7-28)25-17(21-2)16(13)26-27-18-14(11-20)12-24-29(18)19-22-4-3-5-23-19/h3-5,10,12H,6-9H2,1-2H3,(H,21,25)/b27-26+. The molecule has 1 aliphatic heterocycles. The first-order chi connectivity index (χ1) is 14.7. The summed E-state index contributed by atoms with van der Waals surface area (Å²) in [6.45, 7) is 3.92. The molecule has 0 saturated carbocycles. The Balaban J connectivity index is 1.71. The van der Waals surface area contributed by atoms with Crippen LogP contribution in [0, 0.1) is 18.3 Å². The number of aromatic nitrogens is 5. The molecular formula is C19H20N10S. The van der Waals surface area contributed by atoms with Crippen molar-refractivity contribution in [3.8, 4) is 12.0 Å². The molecule has 1 saturated heterocycles. The summed E-state index contributed by atoms with van der Waals surface area (Å²) < 4.78 is 1.39. The second-order valence-electron chi connectivity index (χ2n) is 6.50. The number of thioether (sulfide) groups is 1. The van der Waals surface area contributed by atoms with Crippen LogP contribution < -0.4 is 10.2 Å². The van der Waals surface area contributed by atoms with Crippen LogP contribution in [-0.4, -0.2) is 56.4 Å². The van der Waals surface area contributed by atoms with Gasteiger partial charge in [0.15, 0.2) is 11.6 Å². The Morgan fingerprint density at radius 3 is 2.67 bits per heavy atom. The van der Waals surface area contributed by atoms with E-state index in [9.17, 15) is 5.26 Å². The molecule has 1 fully saturated rings. The van der Waals surface area contributed by atoms with Gasteiger partial charge in [-0.3, -0.25) is 0 Å². The zero-order valence-electron chi connectivity index (χ0n) is 16.6. The third-order valence-corrected chi connectivity index (χ3v) is 5.53. The number of hydrogen-bond acceptors (Lipinski definition) is 10. The van der Waals surface area contributed by atoms with Crippen LogP contribution in [-0.2, 0) is 0 Å². The summed E-state index contributed by atoms with van der Waals surface area (Å²) in [5.74, 6) is 4.33. The molecule has 4 rings (SSSR count). The van der Waals surface area contributed by atoms with Crippen LogP contribution in [0.2, 0.25) is 0 Å². The lowest BCUT2D eigenvalue weighted by Crippen LogP contribution is -2.33. The quantitative estimate of drug-likeness (QED) is 0.625. The van der Waals surface area contributed by atoms with Gasteiger partial charge in [-0.2, -0.15) is 26.8 Å². The second kappa shape index (κ2) is 8.87. The molecule has 10 nitrogen and oxygen atoms in total. The van der Waals surface area contributed by atoms with E-state index in [2.05, 4.69) is 41.6 Å². The van der Waals surface area contributed by atoms with Crippen molar-refractivity contribution in [2.24, 2.45) is 10.2 Å². The average molecular weight is 421 g/mol. The lowest BCUT2D eigenvalue weighted by atomic mass is 10.2.